The molecule has 0 N–H and O–H groups in total. The topological polar surface area (TPSA) is 41.6 Å². The van der Waals surface area contributed by atoms with Crippen molar-refractivity contribution in [3.8, 4) is 6.07 Å². The molecule has 1 aromatic rings. The lowest BCUT2D eigenvalue weighted by atomic mass is 9.71. The number of hydrogen-bond donors (Lipinski definition) is 0. The van der Waals surface area contributed by atoms with E-state index in [0.717, 1.165) is 41.9 Å². The van der Waals surface area contributed by atoms with Gasteiger partial charge in [0.05, 0.1) is 27.3 Å². The van der Waals surface area contributed by atoms with E-state index < -0.39 is 0 Å². The molecule has 0 radical (unpaired) electrons. The molecule has 108 valence electrons. The van der Waals surface area contributed by atoms with Crippen molar-refractivity contribution in [2.75, 3.05) is 0 Å². The highest BCUT2D eigenvalue weighted by atomic mass is 79.9. The predicted molar refractivity (Wildman–Crippen MR) is 82.2 cm³/mol. The quantitative estimate of drug-likeness (QED) is 0.831. The maximum absolute atomic E-state index is 9.82. The summed E-state index contributed by atoms with van der Waals surface area (Å²) < 4.78 is 3.23. The van der Waals surface area contributed by atoms with Crippen LogP contribution in [0.2, 0.25) is 0 Å². The largest absolute Gasteiger partial charge is 0.268 e. The monoisotopic (exact) mass is 335 g/mol. The minimum atomic E-state index is -0.136. The molecular formula is C16H22BrN3. The second kappa shape index (κ2) is 5.18. The van der Waals surface area contributed by atoms with Crippen LogP contribution in [-0.2, 0) is 19.4 Å². The summed E-state index contributed by atoms with van der Waals surface area (Å²) in [4.78, 5) is 0. The molecule has 2 saturated carbocycles. The van der Waals surface area contributed by atoms with Gasteiger partial charge in [0.15, 0.2) is 0 Å². The molecular weight excluding hydrogens is 314 g/mol. The van der Waals surface area contributed by atoms with Crippen LogP contribution < -0.4 is 0 Å². The van der Waals surface area contributed by atoms with Crippen LogP contribution in [0.5, 0.6) is 0 Å². The molecule has 2 fully saturated rings. The zero-order valence-electron chi connectivity index (χ0n) is 12.3. The third kappa shape index (κ3) is 2.02. The number of halogens is 1. The fraction of sp³-hybridized carbons (Fsp3) is 0.750. The summed E-state index contributed by atoms with van der Waals surface area (Å²) in [6, 6.07) is 2.70. The molecule has 3 rings (SSSR count). The minimum Gasteiger partial charge on any atom is -0.268 e. The van der Waals surface area contributed by atoms with E-state index in [0.29, 0.717) is 5.92 Å². The minimum absolute atomic E-state index is 0.136. The Morgan fingerprint density at radius 3 is 2.75 bits per heavy atom. The lowest BCUT2D eigenvalue weighted by molar-refractivity contribution is 0.234. The lowest BCUT2D eigenvalue weighted by Crippen LogP contribution is -2.29. The number of rotatable bonds is 4. The summed E-state index contributed by atoms with van der Waals surface area (Å²) in [6.45, 7) is 5.14. The maximum Gasteiger partial charge on any atom is 0.0766 e. The van der Waals surface area contributed by atoms with Crippen molar-refractivity contribution in [1.29, 1.82) is 5.26 Å². The van der Waals surface area contributed by atoms with Gasteiger partial charge >= 0.3 is 0 Å². The number of aryl methyl sites for hydroxylation is 2. The highest BCUT2D eigenvalue weighted by Gasteiger charge is 2.51. The van der Waals surface area contributed by atoms with Gasteiger partial charge in [-0.25, -0.2) is 0 Å². The Morgan fingerprint density at radius 2 is 2.25 bits per heavy atom. The molecule has 1 aromatic heterocycles. The van der Waals surface area contributed by atoms with E-state index in [1.165, 1.54) is 25.0 Å². The Kier molecular flexibility index (Phi) is 3.66. The van der Waals surface area contributed by atoms with Crippen molar-refractivity contribution in [2.24, 2.45) is 17.3 Å². The van der Waals surface area contributed by atoms with Gasteiger partial charge in [0.1, 0.15) is 0 Å². The zero-order valence-corrected chi connectivity index (χ0v) is 13.9. The SMILES string of the molecule is CCc1nn(CC)c(CC2(C#N)CC3CCC2C3)c1Br. The molecule has 20 heavy (non-hydrogen) atoms. The van der Waals surface area contributed by atoms with Gasteiger partial charge < -0.3 is 0 Å². The fourth-order valence-corrected chi connectivity index (χ4v) is 5.03. The first-order valence-corrected chi connectivity index (χ1v) is 8.58. The highest BCUT2D eigenvalue weighted by molar-refractivity contribution is 9.10. The van der Waals surface area contributed by atoms with Crippen molar-refractivity contribution in [1.82, 2.24) is 9.78 Å². The van der Waals surface area contributed by atoms with Gasteiger partial charge in [-0.2, -0.15) is 10.4 Å². The average Bonchev–Trinajstić information content (AvgIpc) is 3.14. The standard InChI is InChI=1S/C16H22BrN3/c1-3-13-15(17)14(20(4-2)19-13)9-16(10-18)8-11-5-6-12(16)7-11/h11-12H,3-9H2,1-2H3. The molecule has 0 aromatic carbocycles. The van der Waals surface area contributed by atoms with Crippen LogP contribution in [0.15, 0.2) is 4.47 Å². The van der Waals surface area contributed by atoms with Crippen molar-refractivity contribution >= 4 is 15.9 Å². The van der Waals surface area contributed by atoms with Crippen LogP contribution >= 0.6 is 15.9 Å². The average molecular weight is 336 g/mol. The third-order valence-corrected chi connectivity index (χ3v) is 6.29. The lowest BCUT2D eigenvalue weighted by Gasteiger charge is -2.31. The summed E-state index contributed by atoms with van der Waals surface area (Å²) in [5, 5.41) is 14.5. The number of nitriles is 1. The van der Waals surface area contributed by atoms with Gasteiger partial charge in [-0.1, -0.05) is 13.3 Å². The van der Waals surface area contributed by atoms with Crippen molar-refractivity contribution in [3.05, 3.63) is 15.9 Å². The Hall–Kier alpha value is -0.820. The first-order chi connectivity index (χ1) is 9.63. The second-order valence-electron chi connectivity index (χ2n) is 6.40. The molecule has 1 heterocycles. The van der Waals surface area contributed by atoms with Crippen LogP contribution in [0.25, 0.3) is 0 Å². The molecule has 0 aliphatic heterocycles. The molecule has 0 saturated heterocycles. The smallest absolute Gasteiger partial charge is 0.0766 e. The van der Waals surface area contributed by atoms with Crippen LogP contribution in [0.4, 0.5) is 0 Å². The second-order valence-corrected chi connectivity index (χ2v) is 7.19. The Bertz CT molecular complexity index is 557. The normalized spacial score (nSPS) is 31.7. The summed E-state index contributed by atoms with van der Waals surface area (Å²) in [6.07, 6.45) is 6.75. The van der Waals surface area contributed by atoms with E-state index in [9.17, 15) is 5.26 Å². The summed E-state index contributed by atoms with van der Waals surface area (Å²) in [5.41, 5.74) is 2.22. The fourth-order valence-electron chi connectivity index (χ4n) is 4.32. The summed E-state index contributed by atoms with van der Waals surface area (Å²) >= 11 is 3.72. The maximum atomic E-state index is 9.82. The number of fused-ring (bicyclic) bond motifs is 2. The predicted octanol–water partition coefficient (Wildman–Crippen LogP) is 4.10. The van der Waals surface area contributed by atoms with E-state index in [1.807, 2.05) is 0 Å². The first-order valence-electron chi connectivity index (χ1n) is 7.78. The number of hydrogen-bond acceptors (Lipinski definition) is 2. The van der Waals surface area contributed by atoms with Gasteiger partial charge in [-0.05, 0) is 60.4 Å². The molecule has 0 amide bonds. The molecule has 0 spiro atoms. The van der Waals surface area contributed by atoms with E-state index in [-0.39, 0.29) is 5.41 Å². The molecule has 3 atom stereocenters. The van der Waals surface area contributed by atoms with Crippen molar-refractivity contribution in [2.45, 2.75) is 58.9 Å². The Morgan fingerprint density at radius 1 is 1.45 bits per heavy atom. The molecule has 3 nitrogen and oxygen atoms in total. The molecule has 2 aliphatic carbocycles. The molecule has 2 bridgehead atoms. The van der Waals surface area contributed by atoms with Gasteiger partial charge in [0.2, 0.25) is 0 Å². The Labute approximate surface area is 129 Å². The summed E-state index contributed by atoms with van der Waals surface area (Å²) in [5.74, 6) is 1.40. The number of aromatic nitrogens is 2. The number of nitrogens with zero attached hydrogens (tertiary/aromatic N) is 3. The third-order valence-electron chi connectivity index (χ3n) is 5.38. The molecule has 2 aliphatic rings. The van der Waals surface area contributed by atoms with E-state index in [1.54, 1.807) is 0 Å². The zero-order chi connectivity index (χ0) is 14.3. The highest BCUT2D eigenvalue weighted by Crippen LogP contribution is 2.57. The first kappa shape index (κ1) is 14.1. The van der Waals surface area contributed by atoms with Crippen LogP contribution in [-0.4, -0.2) is 9.78 Å². The van der Waals surface area contributed by atoms with Gasteiger partial charge in [0.25, 0.3) is 0 Å². The molecule has 3 unspecified atom stereocenters. The van der Waals surface area contributed by atoms with E-state index in [2.05, 4.69) is 45.6 Å². The summed E-state index contributed by atoms with van der Waals surface area (Å²) in [7, 11) is 0. The van der Waals surface area contributed by atoms with Gasteiger partial charge in [0, 0.05) is 13.0 Å². The van der Waals surface area contributed by atoms with Crippen molar-refractivity contribution in [3.63, 3.8) is 0 Å². The van der Waals surface area contributed by atoms with Gasteiger partial charge in [-0.15, -0.1) is 0 Å². The van der Waals surface area contributed by atoms with Crippen LogP contribution in [0.1, 0.15) is 50.9 Å². The van der Waals surface area contributed by atoms with Crippen molar-refractivity contribution < 1.29 is 0 Å². The van der Waals surface area contributed by atoms with E-state index >= 15 is 0 Å². The Balaban J connectivity index is 1.95. The van der Waals surface area contributed by atoms with Gasteiger partial charge in [-0.3, -0.25) is 4.68 Å². The van der Waals surface area contributed by atoms with E-state index in [4.69, 9.17) is 0 Å². The van der Waals surface area contributed by atoms with Crippen LogP contribution in [0, 0.1) is 28.6 Å². The van der Waals surface area contributed by atoms with Crippen LogP contribution in [0.3, 0.4) is 0 Å². The molecule has 4 heteroatoms.